The van der Waals surface area contributed by atoms with Crippen molar-refractivity contribution in [2.75, 3.05) is 21.7 Å². The van der Waals surface area contributed by atoms with Crippen LogP contribution in [0.15, 0.2) is 96.7 Å². The first-order chi connectivity index (χ1) is 22.2. The Labute approximate surface area is 265 Å². The second-order valence-corrected chi connectivity index (χ2v) is 11.0. The summed E-state index contributed by atoms with van der Waals surface area (Å²) in [7, 11) is 0. The van der Waals surface area contributed by atoms with Crippen LogP contribution in [-0.4, -0.2) is 37.2 Å². The molecule has 5 aromatic rings. The van der Waals surface area contributed by atoms with E-state index in [2.05, 4.69) is 20.9 Å². The number of nitrogens with two attached hydrogens (primary N) is 1. The van der Waals surface area contributed by atoms with Crippen LogP contribution in [0.5, 0.6) is 0 Å². The summed E-state index contributed by atoms with van der Waals surface area (Å²) in [6.07, 6.45) is 7.13. The molecule has 0 atom stereocenters. The molecule has 0 radical (unpaired) electrons. The number of nitrogens with zero attached hydrogens (tertiary/aromatic N) is 4. The number of carbonyl (C=O) groups is 3. The van der Waals surface area contributed by atoms with Gasteiger partial charge in [0.05, 0.1) is 11.3 Å². The first-order valence-electron chi connectivity index (χ1n) is 14.8. The Balaban J connectivity index is 1.33. The summed E-state index contributed by atoms with van der Waals surface area (Å²) in [6, 6.07) is 22.1. The zero-order valence-electron chi connectivity index (χ0n) is 25.4. The Morgan fingerprint density at radius 2 is 1.52 bits per heavy atom. The first-order valence-corrected chi connectivity index (χ1v) is 14.8. The van der Waals surface area contributed by atoms with Crippen LogP contribution in [0.1, 0.15) is 33.1 Å². The van der Waals surface area contributed by atoms with E-state index in [1.807, 2.05) is 65.3 Å². The maximum atomic E-state index is 12.9. The lowest BCUT2D eigenvalue weighted by Gasteiger charge is -2.18. The van der Waals surface area contributed by atoms with Crippen LogP contribution in [-0.2, 0) is 14.4 Å². The number of nitrogen functional groups attached to an aromatic ring is 1. The number of fused-ring (bicyclic) bond motifs is 1. The van der Waals surface area contributed by atoms with E-state index >= 15 is 0 Å². The second-order valence-electron chi connectivity index (χ2n) is 11.0. The molecule has 2 aromatic carbocycles. The average molecular weight is 613 g/mol. The minimum Gasteiger partial charge on any atom is -0.383 e. The van der Waals surface area contributed by atoms with Crippen molar-refractivity contribution in [1.82, 2.24) is 19.5 Å². The lowest BCUT2D eigenvalue weighted by molar-refractivity contribution is -0.116. The van der Waals surface area contributed by atoms with E-state index in [1.54, 1.807) is 30.5 Å². The summed E-state index contributed by atoms with van der Waals surface area (Å²) < 4.78 is 2.00. The summed E-state index contributed by atoms with van der Waals surface area (Å²) in [5.74, 6) is 0.503. The molecule has 5 N–H and O–H groups in total. The van der Waals surface area contributed by atoms with Gasteiger partial charge in [-0.05, 0) is 73.5 Å². The van der Waals surface area contributed by atoms with Gasteiger partial charge in [-0.2, -0.15) is 0 Å². The fourth-order valence-corrected chi connectivity index (χ4v) is 5.43. The fraction of sp³-hybridized carbons (Fsp3) is 0.143. The van der Waals surface area contributed by atoms with E-state index in [-0.39, 0.29) is 24.1 Å². The average Bonchev–Trinajstić information content (AvgIpc) is 3.40. The first kappa shape index (κ1) is 29.9. The zero-order valence-corrected chi connectivity index (χ0v) is 25.4. The Bertz CT molecular complexity index is 2060. The maximum Gasteiger partial charge on any atom is 0.228 e. The van der Waals surface area contributed by atoms with Crippen LogP contribution in [0.25, 0.3) is 39.5 Å². The van der Waals surface area contributed by atoms with Crippen molar-refractivity contribution in [3.63, 3.8) is 0 Å². The molecule has 0 saturated carbocycles. The Hall–Kier alpha value is -6.10. The molecule has 11 nitrogen and oxygen atoms in total. The number of nitrogens with one attached hydrogen (secondary N) is 3. The number of imidazole rings is 1. The maximum absolute atomic E-state index is 12.9. The fourth-order valence-electron chi connectivity index (χ4n) is 5.43. The third-order valence-corrected chi connectivity index (χ3v) is 7.42. The number of rotatable bonds is 8. The molecule has 3 aromatic heterocycles. The van der Waals surface area contributed by atoms with Crippen molar-refractivity contribution in [2.24, 2.45) is 0 Å². The molecule has 0 unspecified atom stereocenters. The molecular formula is C35H32N8O3. The largest absolute Gasteiger partial charge is 0.383 e. The lowest BCUT2D eigenvalue weighted by Crippen LogP contribution is -2.14. The topological polar surface area (TPSA) is 157 Å². The van der Waals surface area contributed by atoms with E-state index in [0.717, 1.165) is 22.5 Å². The van der Waals surface area contributed by atoms with Crippen LogP contribution < -0.4 is 21.7 Å². The zero-order chi connectivity index (χ0) is 32.2. The Kier molecular flexibility index (Phi) is 8.38. The number of pyridine rings is 2. The number of hydrogen-bond donors (Lipinski definition) is 4. The number of benzene rings is 2. The second kappa shape index (κ2) is 12.9. The molecular weight excluding hydrogens is 580 g/mol. The van der Waals surface area contributed by atoms with Crippen LogP contribution in [0.2, 0.25) is 0 Å². The molecule has 0 aliphatic heterocycles. The highest BCUT2D eigenvalue weighted by atomic mass is 16.2. The monoisotopic (exact) mass is 612 g/mol. The van der Waals surface area contributed by atoms with Crippen LogP contribution in [0.4, 0.5) is 22.9 Å². The number of carbonyl (C=O) groups excluding carboxylic acids is 3. The minimum atomic E-state index is -0.180. The van der Waals surface area contributed by atoms with Crippen molar-refractivity contribution >= 4 is 57.5 Å². The van der Waals surface area contributed by atoms with Gasteiger partial charge in [-0.1, -0.05) is 29.8 Å². The van der Waals surface area contributed by atoms with E-state index < -0.39 is 0 Å². The molecule has 1 aliphatic rings. The van der Waals surface area contributed by atoms with E-state index in [1.165, 1.54) is 13.8 Å². The Morgan fingerprint density at radius 3 is 2.22 bits per heavy atom. The normalized spacial score (nSPS) is 12.7. The van der Waals surface area contributed by atoms with Crippen molar-refractivity contribution < 1.29 is 14.4 Å². The van der Waals surface area contributed by atoms with Gasteiger partial charge in [-0.3, -0.25) is 19.0 Å². The molecule has 0 bridgehead atoms. The molecule has 0 spiro atoms. The van der Waals surface area contributed by atoms with Gasteiger partial charge >= 0.3 is 0 Å². The van der Waals surface area contributed by atoms with Crippen molar-refractivity contribution in [3.8, 4) is 22.6 Å². The molecule has 0 saturated heterocycles. The van der Waals surface area contributed by atoms with Gasteiger partial charge in [0.2, 0.25) is 17.7 Å². The highest BCUT2D eigenvalue weighted by molar-refractivity contribution is 5.95. The van der Waals surface area contributed by atoms with E-state index in [9.17, 15) is 14.4 Å². The Morgan fingerprint density at radius 1 is 0.804 bits per heavy atom. The number of hydrogen-bond acceptors (Lipinski definition) is 7. The smallest absolute Gasteiger partial charge is 0.228 e. The summed E-state index contributed by atoms with van der Waals surface area (Å²) in [6.45, 7) is 2.91. The highest BCUT2D eigenvalue weighted by Crippen LogP contribution is 2.35. The van der Waals surface area contributed by atoms with Gasteiger partial charge in [0.1, 0.15) is 17.2 Å². The van der Waals surface area contributed by atoms with E-state index in [0.29, 0.717) is 58.3 Å². The molecule has 0 fully saturated rings. The van der Waals surface area contributed by atoms with Gasteiger partial charge in [0.15, 0.2) is 5.65 Å². The third-order valence-electron chi connectivity index (χ3n) is 7.42. The molecule has 3 heterocycles. The van der Waals surface area contributed by atoms with Gasteiger partial charge in [-0.25, -0.2) is 15.0 Å². The molecule has 1 aliphatic carbocycles. The SMILES string of the molecule is CC(=O)Nc1cccc(NC(=O)CC2=CC=C(n3c(-c4cccnc4N)nc4ccc(-c5cccc(NC(C)=O)c5)nc43)CC2)c1. The minimum absolute atomic E-state index is 0.146. The van der Waals surface area contributed by atoms with Crippen LogP contribution >= 0.6 is 0 Å². The van der Waals surface area contributed by atoms with Gasteiger partial charge < -0.3 is 21.7 Å². The summed E-state index contributed by atoms with van der Waals surface area (Å²) >= 11 is 0. The van der Waals surface area contributed by atoms with Crippen molar-refractivity contribution in [3.05, 3.63) is 96.7 Å². The molecule has 230 valence electrons. The van der Waals surface area contributed by atoms with Gasteiger partial charge in [0.25, 0.3) is 0 Å². The quantitative estimate of drug-likeness (QED) is 0.161. The number of allylic oxidation sites excluding steroid dienone is 3. The predicted octanol–water partition coefficient (Wildman–Crippen LogP) is 6.25. The highest BCUT2D eigenvalue weighted by Gasteiger charge is 2.22. The van der Waals surface area contributed by atoms with Crippen LogP contribution in [0, 0.1) is 0 Å². The van der Waals surface area contributed by atoms with E-state index in [4.69, 9.17) is 15.7 Å². The molecule has 11 heteroatoms. The molecule has 3 amide bonds. The van der Waals surface area contributed by atoms with Crippen molar-refractivity contribution in [1.29, 1.82) is 0 Å². The molecule has 46 heavy (non-hydrogen) atoms. The third kappa shape index (κ3) is 6.68. The van der Waals surface area contributed by atoms with Crippen LogP contribution in [0.3, 0.4) is 0 Å². The lowest BCUT2D eigenvalue weighted by atomic mass is 9.99. The summed E-state index contributed by atoms with van der Waals surface area (Å²) in [5.41, 5.74) is 13.7. The predicted molar refractivity (Wildman–Crippen MR) is 180 cm³/mol. The number of amides is 3. The summed E-state index contributed by atoms with van der Waals surface area (Å²) in [4.78, 5) is 50.2. The number of aromatic nitrogens is 4. The van der Waals surface area contributed by atoms with Gasteiger partial charge in [-0.15, -0.1) is 0 Å². The summed E-state index contributed by atoms with van der Waals surface area (Å²) in [5, 5.41) is 8.46. The standard InChI is InChI=1S/C35H32N8O3/c1-21(44)38-25-7-3-6-24(19-25)30-15-16-31-35(41-30)43(34(42-31)29-10-5-17-37-33(29)36)28-13-11-23(12-14-28)18-32(46)40-27-9-4-8-26(20-27)39-22(2)45/h3-11,13,15-17,19-20H,12,14,18H2,1-2H3,(H2,36,37)(H,38,44)(H,39,45)(H,40,46). The van der Waals surface area contributed by atoms with Crippen molar-refractivity contribution in [2.45, 2.75) is 33.1 Å². The number of anilines is 4. The molecule has 6 rings (SSSR count). The van der Waals surface area contributed by atoms with Gasteiger partial charge in [0, 0.05) is 54.8 Å².